The fourth-order valence-electron chi connectivity index (χ4n) is 1.30. The van der Waals surface area contributed by atoms with Crippen molar-refractivity contribution < 1.29 is 14.3 Å². The normalized spacial score (nSPS) is 27.2. The van der Waals surface area contributed by atoms with Gasteiger partial charge in [-0.25, -0.2) is 4.79 Å². The van der Waals surface area contributed by atoms with E-state index in [1.54, 1.807) is 0 Å². The lowest BCUT2D eigenvalue weighted by atomic mass is 10.1. The Bertz CT molecular complexity index is 227. The summed E-state index contributed by atoms with van der Waals surface area (Å²) in [6.45, 7) is 6.80. The summed E-state index contributed by atoms with van der Waals surface area (Å²) >= 11 is 3.51. The molecule has 1 aliphatic rings. The van der Waals surface area contributed by atoms with E-state index >= 15 is 0 Å². The predicted octanol–water partition coefficient (Wildman–Crippen LogP) is 2.06. The van der Waals surface area contributed by atoms with Gasteiger partial charge in [-0.2, -0.15) is 0 Å². The Morgan fingerprint density at radius 3 is 2.73 bits per heavy atom. The highest BCUT2D eigenvalue weighted by atomic mass is 79.9. The summed E-state index contributed by atoms with van der Waals surface area (Å²) in [7, 11) is 0. The largest absolute Gasteiger partial charge is 0.444 e. The van der Waals surface area contributed by atoms with E-state index in [-0.39, 0.29) is 17.0 Å². The van der Waals surface area contributed by atoms with Crippen LogP contribution in [0.5, 0.6) is 0 Å². The zero-order valence-electron chi connectivity index (χ0n) is 9.38. The Balaban J connectivity index is 2.36. The van der Waals surface area contributed by atoms with Crippen LogP contribution in [0.15, 0.2) is 0 Å². The molecule has 0 aliphatic carbocycles. The summed E-state index contributed by atoms with van der Waals surface area (Å²) in [5, 5.41) is 2.79. The van der Waals surface area contributed by atoms with Gasteiger partial charge in [0.15, 0.2) is 0 Å². The molecular formula is C10H18BrNO3. The van der Waals surface area contributed by atoms with Crippen LogP contribution >= 0.6 is 15.9 Å². The number of amides is 1. The molecule has 0 aromatic carbocycles. The standard InChI is InChI=1S/C10H18BrNO3/c1-10(2,3)15-9(13)12-8-6-14-5-4-7(8)11/h7-8H,4-6H2,1-3H3,(H,12,13)/t7-,8-/m0/s1. The average Bonchev–Trinajstić information content (AvgIpc) is 2.05. The number of hydrogen-bond acceptors (Lipinski definition) is 3. The maximum atomic E-state index is 11.5. The van der Waals surface area contributed by atoms with Gasteiger partial charge in [-0.1, -0.05) is 15.9 Å². The van der Waals surface area contributed by atoms with Gasteiger partial charge in [0, 0.05) is 11.4 Å². The molecule has 1 rings (SSSR count). The van der Waals surface area contributed by atoms with E-state index < -0.39 is 5.60 Å². The molecule has 0 bridgehead atoms. The molecule has 88 valence electrons. The third kappa shape index (κ3) is 4.84. The zero-order valence-corrected chi connectivity index (χ0v) is 11.0. The van der Waals surface area contributed by atoms with E-state index in [1.807, 2.05) is 20.8 Å². The summed E-state index contributed by atoms with van der Waals surface area (Å²) in [5.41, 5.74) is -0.457. The number of hydrogen-bond donors (Lipinski definition) is 1. The second kappa shape index (κ2) is 5.16. The van der Waals surface area contributed by atoms with E-state index in [4.69, 9.17) is 9.47 Å². The number of alkyl halides is 1. The molecule has 0 unspecified atom stereocenters. The van der Waals surface area contributed by atoms with Crippen LogP contribution in [0.1, 0.15) is 27.2 Å². The molecule has 0 aromatic heterocycles. The molecule has 0 spiro atoms. The average molecular weight is 280 g/mol. The quantitative estimate of drug-likeness (QED) is 0.748. The van der Waals surface area contributed by atoms with Gasteiger partial charge in [-0.05, 0) is 27.2 Å². The summed E-state index contributed by atoms with van der Waals surface area (Å²) in [6.07, 6.45) is 0.517. The number of carbonyl (C=O) groups excluding carboxylic acids is 1. The van der Waals surface area contributed by atoms with E-state index in [9.17, 15) is 4.79 Å². The van der Waals surface area contributed by atoms with Crippen LogP contribution in [0.2, 0.25) is 0 Å². The molecule has 2 atom stereocenters. The fourth-order valence-corrected chi connectivity index (χ4v) is 1.77. The SMILES string of the molecule is CC(C)(C)OC(=O)N[C@H]1COCC[C@@H]1Br. The second-order valence-electron chi connectivity index (χ2n) is 4.63. The molecule has 15 heavy (non-hydrogen) atoms. The van der Waals surface area contributed by atoms with Crippen LogP contribution in [0.4, 0.5) is 4.79 Å². The number of nitrogens with one attached hydrogen (secondary N) is 1. The van der Waals surface area contributed by atoms with Crippen LogP contribution in [0.25, 0.3) is 0 Å². The maximum Gasteiger partial charge on any atom is 0.407 e. The Hall–Kier alpha value is -0.290. The molecule has 5 heteroatoms. The van der Waals surface area contributed by atoms with Crippen LogP contribution in [0, 0.1) is 0 Å². The van der Waals surface area contributed by atoms with Gasteiger partial charge in [0.2, 0.25) is 0 Å². The van der Waals surface area contributed by atoms with Gasteiger partial charge in [0.1, 0.15) is 5.60 Å². The van der Waals surface area contributed by atoms with Crippen molar-refractivity contribution >= 4 is 22.0 Å². The Morgan fingerprint density at radius 1 is 1.53 bits per heavy atom. The van der Waals surface area contributed by atoms with Crippen LogP contribution in [-0.4, -0.2) is 35.8 Å². The summed E-state index contributed by atoms with van der Waals surface area (Å²) in [4.78, 5) is 11.7. The third-order valence-electron chi connectivity index (χ3n) is 1.97. The number of rotatable bonds is 1. The van der Waals surface area contributed by atoms with Gasteiger partial charge in [0.05, 0.1) is 12.6 Å². The van der Waals surface area contributed by atoms with E-state index in [2.05, 4.69) is 21.2 Å². The number of alkyl carbamates (subject to hydrolysis) is 1. The van der Waals surface area contributed by atoms with E-state index in [0.29, 0.717) is 6.61 Å². The first-order valence-corrected chi connectivity index (χ1v) is 6.01. The van der Waals surface area contributed by atoms with Crippen molar-refractivity contribution in [3.05, 3.63) is 0 Å². The molecule has 4 nitrogen and oxygen atoms in total. The highest BCUT2D eigenvalue weighted by Crippen LogP contribution is 2.16. The van der Waals surface area contributed by atoms with Crippen molar-refractivity contribution in [1.29, 1.82) is 0 Å². The van der Waals surface area contributed by atoms with Crippen molar-refractivity contribution in [3.8, 4) is 0 Å². The molecule has 1 aliphatic heterocycles. The molecule has 0 saturated carbocycles. The number of carbonyl (C=O) groups is 1. The first kappa shape index (κ1) is 12.8. The van der Waals surface area contributed by atoms with Gasteiger partial charge in [0.25, 0.3) is 0 Å². The Kier molecular flexibility index (Phi) is 4.40. The van der Waals surface area contributed by atoms with Crippen LogP contribution < -0.4 is 5.32 Å². The molecule has 0 radical (unpaired) electrons. The molecule has 1 amide bonds. The van der Waals surface area contributed by atoms with Crippen molar-refractivity contribution in [3.63, 3.8) is 0 Å². The van der Waals surface area contributed by atoms with Crippen molar-refractivity contribution in [2.24, 2.45) is 0 Å². The van der Waals surface area contributed by atoms with Crippen LogP contribution in [-0.2, 0) is 9.47 Å². The minimum atomic E-state index is -0.457. The molecule has 0 aromatic rings. The lowest BCUT2D eigenvalue weighted by Crippen LogP contribution is -2.48. The van der Waals surface area contributed by atoms with Gasteiger partial charge in [-0.15, -0.1) is 0 Å². The van der Waals surface area contributed by atoms with E-state index in [1.165, 1.54) is 0 Å². The maximum absolute atomic E-state index is 11.5. The molecule has 1 fully saturated rings. The molecule has 1 N–H and O–H groups in total. The lowest BCUT2D eigenvalue weighted by molar-refractivity contribution is 0.0365. The first-order chi connectivity index (χ1) is 6.88. The minimum Gasteiger partial charge on any atom is -0.444 e. The molecular weight excluding hydrogens is 262 g/mol. The fraction of sp³-hybridized carbons (Fsp3) is 0.900. The number of halogens is 1. The van der Waals surface area contributed by atoms with Crippen molar-refractivity contribution in [2.45, 2.75) is 43.7 Å². The van der Waals surface area contributed by atoms with E-state index in [0.717, 1.165) is 13.0 Å². The predicted molar refractivity (Wildman–Crippen MR) is 61.3 cm³/mol. The van der Waals surface area contributed by atoms with Crippen molar-refractivity contribution in [2.75, 3.05) is 13.2 Å². The second-order valence-corrected chi connectivity index (χ2v) is 5.81. The Morgan fingerprint density at radius 2 is 2.20 bits per heavy atom. The van der Waals surface area contributed by atoms with Gasteiger partial charge < -0.3 is 14.8 Å². The van der Waals surface area contributed by atoms with Gasteiger partial charge >= 0.3 is 6.09 Å². The lowest BCUT2D eigenvalue weighted by Gasteiger charge is -2.29. The third-order valence-corrected chi connectivity index (χ3v) is 3.07. The number of ether oxygens (including phenoxy) is 2. The topological polar surface area (TPSA) is 47.6 Å². The highest BCUT2D eigenvalue weighted by molar-refractivity contribution is 9.09. The summed E-state index contributed by atoms with van der Waals surface area (Å²) in [5.74, 6) is 0. The monoisotopic (exact) mass is 279 g/mol. The minimum absolute atomic E-state index is 0.00593. The van der Waals surface area contributed by atoms with Gasteiger partial charge in [-0.3, -0.25) is 0 Å². The molecule has 1 saturated heterocycles. The smallest absolute Gasteiger partial charge is 0.407 e. The zero-order chi connectivity index (χ0) is 11.5. The van der Waals surface area contributed by atoms with Crippen LogP contribution in [0.3, 0.4) is 0 Å². The van der Waals surface area contributed by atoms with Crippen molar-refractivity contribution in [1.82, 2.24) is 5.32 Å². The molecule has 1 heterocycles. The summed E-state index contributed by atoms with van der Waals surface area (Å²) in [6, 6.07) is -0.00593. The Labute approximate surface area is 98.8 Å². The highest BCUT2D eigenvalue weighted by Gasteiger charge is 2.26. The first-order valence-electron chi connectivity index (χ1n) is 5.10. The summed E-state index contributed by atoms with van der Waals surface area (Å²) < 4.78 is 10.4.